The van der Waals surface area contributed by atoms with Gasteiger partial charge in [0.2, 0.25) is 5.78 Å². The lowest BCUT2D eigenvalue weighted by atomic mass is 9.51. The van der Waals surface area contributed by atoms with Gasteiger partial charge in [-0.05, 0) is 63.9 Å². The molecule has 0 aromatic rings. The molecule has 10 heteroatoms. The second-order valence-corrected chi connectivity index (χ2v) is 13.3. The Morgan fingerprint density at radius 2 is 1.73 bits per heavy atom. The zero-order chi connectivity index (χ0) is 29.2. The largest absolute Gasteiger partial charge is 0.504 e. The minimum Gasteiger partial charge on any atom is -0.504 e. The number of rotatable bonds is 2. The average molecular weight is 559 g/mol. The van der Waals surface area contributed by atoms with Crippen LogP contribution in [0.25, 0.3) is 0 Å². The fourth-order valence-corrected chi connectivity index (χ4v) is 9.99. The molecule has 5 aliphatic carbocycles. The molecule has 3 saturated carbocycles. The summed E-state index contributed by atoms with van der Waals surface area (Å²) in [6.07, 6.45) is 2.71. The highest BCUT2D eigenvalue weighted by molar-refractivity contribution is 5.98. The molecule has 0 bridgehead atoms. The van der Waals surface area contributed by atoms with Gasteiger partial charge in [-0.2, -0.15) is 0 Å². The molecule has 8 unspecified atom stereocenters. The van der Waals surface area contributed by atoms with E-state index in [-0.39, 0.29) is 24.7 Å². The molecule has 1 aliphatic heterocycles. The van der Waals surface area contributed by atoms with Gasteiger partial charge in [0.15, 0.2) is 11.4 Å². The first kappa shape index (κ1) is 27.4. The molecule has 0 aromatic carbocycles. The number of carbonyl (C=O) groups excluding carboxylic acids is 4. The second kappa shape index (κ2) is 8.41. The third-order valence-electron chi connectivity index (χ3n) is 11.5. The summed E-state index contributed by atoms with van der Waals surface area (Å²) < 4.78 is 17.8. The van der Waals surface area contributed by atoms with Crippen LogP contribution in [0.4, 0.5) is 0 Å². The number of hydrogen-bond donors (Lipinski definition) is 3. The van der Waals surface area contributed by atoms with Crippen molar-refractivity contribution >= 4 is 23.7 Å². The van der Waals surface area contributed by atoms with Crippen LogP contribution in [0.15, 0.2) is 23.2 Å². The molecule has 0 aromatic heterocycles. The van der Waals surface area contributed by atoms with E-state index >= 15 is 0 Å². The van der Waals surface area contributed by atoms with E-state index in [9.17, 15) is 34.5 Å². The van der Waals surface area contributed by atoms with Gasteiger partial charge < -0.3 is 29.5 Å². The van der Waals surface area contributed by atoms with Gasteiger partial charge in [0.1, 0.15) is 17.0 Å². The number of ketones is 1. The van der Waals surface area contributed by atoms with Crippen molar-refractivity contribution in [2.75, 3.05) is 0 Å². The molecule has 6 rings (SSSR count). The Morgan fingerprint density at radius 1 is 1.05 bits per heavy atom. The number of aliphatic hydroxyl groups is 3. The summed E-state index contributed by atoms with van der Waals surface area (Å²) in [5.74, 6) is -5.31. The van der Waals surface area contributed by atoms with Crippen LogP contribution in [0.1, 0.15) is 73.1 Å². The quantitative estimate of drug-likeness (QED) is 0.340. The number of ether oxygens (including phenoxy) is 3. The highest BCUT2D eigenvalue weighted by Crippen LogP contribution is 2.71. The lowest BCUT2D eigenvalue weighted by Gasteiger charge is -2.57. The zero-order valence-electron chi connectivity index (χ0n) is 23.6. The number of hydrogen-bond acceptors (Lipinski definition) is 10. The molecule has 0 radical (unpaired) electrons. The Balaban J connectivity index is 1.53. The maximum atomic E-state index is 14.1. The number of carbonyl (C=O) groups is 4. The summed E-state index contributed by atoms with van der Waals surface area (Å²) in [6, 6.07) is 0. The van der Waals surface area contributed by atoms with E-state index < -0.39 is 81.4 Å². The Bertz CT molecular complexity index is 1280. The molecule has 10 nitrogen and oxygen atoms in total. The predicted molar refractivity (Wildman–Crippen MR) is 137 cm³/mol. The molecule has 1 saturated heterocycles. The maximum absolute atomic E-state index is 14.1. The van der Waals surface area contributed by atoms with Crippen molar-refractivity contribution in [3.8, 4) is 0 Å². The van der Waals surface area contributed by atoms with Crippen molar-refractivity contribution in [2.24, 2.45) is 40.9 Å². The summed E-state index contributed by atoms with van der Waals surface area (Å²) in [5.41, 5.74) is -5.08. The van der Waals surface area contributed by atoms with Crippen molar-refractivity contribution in [1.82, 2.24) is 0 Å². The van der Waals surface area contributed by atoms with Gasteiger partial charge in [0.25, 0.3) is 0 Å². The zero-order valence-corrected chi connectivity index (χ0v) is 23.6. The number of esters is 3. The van der Waals surface area contributed by atoms with Crippen molar-refractivity contribution in [3.63, 3.8) is 0 Å². The smallest absolute Gasteiger partial charge is 0.343 e. The number of Topliss-reactive ketones (excluding diaryl/α,β-unsaturated/α-hetero) is 1. The van der Waals surface area contributed by atoms with Gasteiger partial charge >= 0.3 is 17.9 Å². The van der Waals surface area contributed by atoms with Crippen molar-refractivity contribution in [3.05, 3.63) is 23.2 Å². The van der Waals surface area contributed by atoms with Crippen molar-refractivity contribution < 1.29 is 48.7 Å². The molecule has 6 aliphatic rings. The normalized spacial score (nSPS) is 49.1. The minimum absolute atomic E-state index is 0.0669. The fourth-order valence-electron chi connectivity index (χ4n) is 9.99. The predicted octanol–water partition coefficient (Wildman–Crippen LogP) is 2.66. The highest BCUT2D eigenvalue weighted by atomic mass is 16.6. The van der Waals surface area contributed by atoms with Gasteiger partial charge in [0, 0.05) is 49.5 Å². The van der Waals surface area contributed by atoms with Crippen molar-refractivity contribution in [1.29, 1.82) is 0 Å². The summed E-state index contributed by atoms with van der Waals surface area (Å²) in [4.78, 5) is 52.0. The first-order chi connectivity index (χ1) is 18.6. The molecule has 0 amide bonds. The summed E-state index contributed by atoms with van der Waals surface area (Å²) in [6.45, 7) is 7.80. The average Bonchev–Trinajstić information content (AvgIpc) is 3.27. The van der Waals surface area contributed by atoms with Crippen LogP contribution in [-0.2, 0) is 33.4 Å². The Hall–Kier alpha value is -2.72. The van der Waals surface area contributed by atoms with E-state index in [0.29, 0.717) is 37.0 Å². The first-order valence-electron chi connectivity index (χ1n) is 14.3. The summed E-state index contributed by atoms with van der Waals surface area (Å²) in [7, 11) is 0. The third kappa shape index (κ3) is 3.17. The Morgan fingerprint density at radius 3 is 2.38 bits per heavy atom. The van der Waals surface area contributed by atoms with E-state index in [1.165, 1.54) is 20.8 Å². The molecule has 218 valence electrons. The van der Waals surface area contributed by atoms with Crippen LogP contribution >= 0.6 is 0 Å². The van der Waals surface area contributed by atoms with Gasteiger partial charge in [-0.15, -0.1) is 0 Å². The van der Waals surface area contributed by atoms with Gasteiger partial charge in [-0.3, -0.25) is 14.4 Å². The third-order valence-corrected chi connectivity index (χ3v) is 11.5. The molecule has 4 fully saturated rings. The second-order valence-electron chi connectivity index (χ2n) is 13.3. The summed E-state index contributed by atoms with van der Waals surface area (Å²) in [5, 5.41) is 33.5. The van der Waals surface area contributed by atoms with E-state index in [1.807, 2.05) is 13.0 Å². The fraction of sp³-hybridized carbons (Fsp3) is 0.733. The topological polar surface area (TPSA) is 157 Å². The Kier molecular flexibility index (Phi) is 5.77. The van der Waals surface area contributed by atoms with Gasteiger partial charge in [-0.25, -0.2) is 4.79 Å². The number of fused-ring (bicyclic) bond motifs is 9. The SMILES string of the molecule is CC(=O)OC12C[C@@H](O)CCC1=C(O)C(=O)C1C2CCC2(OC(C)=O)C1CC1C2[C@H](C)C=C2OC(=O)[C@@](C)(O)C21C. The molecular formula is C30H38O10. The van der Waals surface area contributed by atoms with Crippen LogP contribution in [-0.4, -0.2) is 61.9 Å². The van der Waals surface area contributed by atoms with Crippen LogP contribution in [0.2, 0.25) is 0 Å². The minimum atomic E-state index is -1.84. The maximum Gasteiger partial charge on any atom is 0.343 e. The molecule has 1 heterocycles. The van der Waals surface area contributed by atoms with Crippen LogP contribution in [0.3, 0.4) is 0 Å². The first-order valence-corrected chi connectivity index (χ1v) is 14.3. The molecule has 3 N–H and O–H groups in total. The standard InChI is InChI=1S/C30H38O10/c1-13-10-21-27(4,28(5,37)26(36)38-21)20-11-19-22-17(8-9-29(19,23(13)20)39-14(2)31)30(40-15(3)32)12-16(33)6-7-18(30)24(34)25(22)35/h10,13,16-17,19-20,22-23,33-34,37H,6-9,11-12H2,1-5H3/t13-,16+,17?,19?,20?,22?,23?,27?,28-,29?,30?/m1/s1. The van der Waals surface area contributed by atoms with Crippen LogP contribution < -0.4 is 0 Å². The Labute approximate surface area is 232 Å². The monoisotopic (exact) mass is 558 g/mol. The van der Waals surface area contributed by atoms with Gasteiger partial charge in [-0.1, -0.05) is 6.92 Å². The lowest BCUT2D eigenvalue weighted by molar-refractivity contribution is -0.205. The van der Waals surface area contributed by atoms with E-state index in [4.69, 9.17) is 14.2 Å². The van der Waals surface area contributed by atoms with Gasteiger partial charge in [0.05, 0.1) is 11.5 Å². The van der Waals surface area contributed by atoms with E-state index in [1.54, 1.807) is 6.92 Å². The molecular weight excluding hydrogens is 520 g/mol. The summed E-state index contributed by atoms with van der Waals surface area (Å²) >= 11 is 0. The van der Waals surface area contributed by atoms with Crippen molar-refractivity contribution in [2.45, 2.75) is 96.1 Å². The lowest BCUT2D eigenvalue weighted by Crippen LogP contribution is -2.64. The van der Waals surface area contributed by atoms with E-state index in [2.05, 4.69) is 0 Å². The number of aliphatic hydroxyl groups excluding tert-OH is 2. The number of allylic oxidation sites excluding steroid dienone is 2. The van der Waals surface area contributed by atoms with Crippen LogP contribution in [0, 0.1) is 40.9 Å². The molecule has 11 atom stereocenters. The highest BCUT2D eigenvalue weighted by Gasteiger charge is 2.76. The van der Waals surface area contributed by atoms with E-state index in [0.717, 1.165) is 0 Å². The van der Waals surface area contributed by atoms with Crippen LogP contribution in [0.5, 0.6) is 0 Å². The molecule has 40 heavy (non-hydrogen) atoms. The molecule has 0 spiro atoms.